The highest BCUT2D eigenvalue weighted by Crippen LogP contribution is 2.23. The Morgan fingerprint density at radius 2 is 1.86 bits per heavy atom. The number of ether oxygens (including phenoxy) is 1. The lowest BCUT2D eigenvalue weighted by Crippen LogP contribution is -2.24. The summed E-state index contributed by atoms with van der Waals surface area (Å²) in [6, 6.07) is 15.6. The number of hydrogen-bond donors (Lipinski definition) is 2. The van der Waals surface area contributed by atoms with E-state index in [2.05, 4.69) is 20.0 Å². The van der Waals surface area contributed by atoms with Gasteiger partial charge in [-0.25, -0.2) is 4.98 Å². The maximum atomic E-state index is 12.2. The van der Waals surface area contributed by atoms with E-state index in [0.29, 0.717) is 18.5 Å². The van der Waals surface area contributed by atoms with E-state index < -0.39 is 0 Å². The molecule has 3 aromatic rings. The van der Waals surface area contributed by atoms with E-state index in [0.717, 1.165) is 46.8 Å². The van der Waals surface area contributed by atoms with Crippen LogP contribution in [-0.2, 0) is 15.3 Å². The second kappa shape index (κ2) is 10.7. The van der Waals surface area contributed by atoms with Crippen molar-refractivity contribution in [2.45, 2.75) is 36.6 Å². The highest BCUT2D eigenvalue weighted by atomic mass is 32.2. The molecule has 3 rings (SSSR count). The lowest BCUT2D eigenvalue weighted by Gasteiger charge is -2.06. The predicted octanol–water partition coefficient (Wildman–Crippen LogP) is 4.32. The molecule has 0 saturated carbocycles. The minimum absolute atomic E-state index is 0.0746. The quantitative estimate of drug-likeness (QED) is 0.295. The number of benzene rings is 2. The third-order valence-electron chi connectivity index (χ3n) is 4.53. The molecule has 6 nitrogen and oxygen atoms in total. The first-order chi connectivity index (χ1) is 14.2. The maximum absolute atomic E-state index is 12.2. The summed E-state index contributed by atoms with van der Waals surface area (Å²) in [5, 5.41) is 3.81. The number of methoxy groups -OCH3 is 1. The summed E-state index contributed by atoms with van der Waals surface area (Å²) >= 11 is 1.64. The topological polar surface area (TPSA) is 84.1 Å². The molecule has 0 unspecified atom stereocenters. The summed E-state index contributed by atoms with van der Waals surface area (Å²) in [6.45, 7) is 0.601. The predicted molar refractivity (Wildman–Crippen MR) is 115 cm³/mol. The van der Waals surface area contributed by atoms with Gasteiger partial charge >= 0.3 is 5.97 Å². The lowest BCUT2D eigenvalue weighted by atomic mass is 10.1. The number of H-pyrrole nitrogens is 1. The van der Waals surface area contributed by atoms with Crippen LogP contribution in [0.15, 0.2) is 53.7 Å². The molecule has 7 heteroatoms. The molecule has 0 fully saturated rings. The summed E-state index contributed by atoms with van der Waals surface area (Å²) in [4.78, 5) is 31.1. The zero-order chi connectivity index (χ0) is 20.5. The molecule has 0 aliphatic heterocycles. The Morgan fingerprint density at radius 1 is 1.07 bits per heavy atom. The maximum Gasteiger partial charge on any atom is 0.305 e. The van der Waals surface area contributed by atoms with E-state index in [-0.39, 0.29) is 11.9 Å². The van der Waals surface area contributed by atoms with Crippen molar-refractivity contribution in [3.63, 3.8) is 0 Å². The summed E-state index contributed by atoms with van der Waals surface area (Å²) < 4.78 is 4.60. The number of hydrogen-bond acceptors (Lipinski definition) is 5. The number of aromatic nitrogens is 2. The van der Waals surface area contributed by atoms with E-state index in [4.69, 9.17) is 0 Å². The number of aromatic amines is 1. The molecule has 0 bridgehead atoms. The number of imidazole rings is 1. The Balaban J connectivity index is 1.39. The van der Waals surface area contributed by atoms with Crippen molar-refractivity contribution < 1.29 is 14.3 Å². The van der Waals surface area contributed by atoms with Gasteiger partial charge in [0.15, 0.2) is 5.16 Å². The molecule has 0 aliphatic rings. The summed E-state index contributed by atoms with van der Waals surface area (Å²) in [5.74, 6) is 0.518. The first-order valence-corrected chi connectivity index (χ1v) is 10.7. The Bertz CT molecular complexity index is 920. The molecule has 1 amide bonds. The normalized spacial score (nSPS) is 10.8. The van der Waals surface area contributed by atoms with E-state index >= 15 is 0 Å². The van der Waals surface area contributed by atoms with Gasteiger partial charge in [-0.05, 0) is 42.7 Å². The van der Waals surface area contributed by atoms with Crippen LogP contribution in [-0.4, -0.2) is 35.5 Å². The number of amides is 1. The van der Waals surface area contributed by atoms with E-state index in [1.165, 1.54) is 7.11 Å². The van der Waals surface area contributed by atoms with Gasteiger partial charge in [0, 0.05) is 24.3 Å². The Hall–Kier alpha value is -2.80. The van der Waals surface area contributed by atoms with Crippen molar-refractivity contribution in [1.29, 1.82) is 0 Å². The minimum Gasteiger partial charge on any atom is -0.469 e. The number of fused-ring (bicyclic) bond motifs is 1. The van der Waals surface area contributed by atoms with Gasteiger partial charge in [0.25, 0.3) is 5.91 Å². The Morgan fingerprint density at radius 3 is 2.62 bits per heavy atom. The summed E-state index contributed by atoms with van der Waals surface area (Å²) in [5.41, 5.74) is 3.78. The van der Waals surface area contributed by atoms with Gasteiger partial charge in [0.1, 0.15) is 0 Å². The van der Waals surface area contributed by atoms with Gasteiger partial charge < -0.3 is 15.0 Å². The molecule has 152 valence electrons. The van der Waals surface area contributed by atoms with E-state index in [1.807, 2.05) is 48.5 Å². The van der Waals surface area contributed by atoms with Crippen molar-refractivity contribution in [2.75, 3.05) is 13.7 Å². The van der Waals surface area contributed by atoms with Crippen molar-refractivity contribution >= 4 is 34.7 Å². The Labute approximate surface area is 174 Å². The van der Waals surface area contributed by atoms with Gasteiger partial charge in [0.2, 0.25) is 0 Å². The molecule has 0 saturated heterocycles. The zero-order valence-corrected chi connectivity index (χ0v) is 17.3. The number of para-hydroxylation sites is 2. The second-order valence-electron chi connectivity index (χ2n) is 6.69. The third kappa shape index (κ3) is 6.35. The number of nitrogens with zero attached hydrogens (tertiary/aromatic N) is 1. The fraction of sp³-hybridized carbons (Fsp3) is 0.318. The molecule has 0 aliphatic carbocycles. The van der Waals surface area contributed by atoms with Crippen molar-refractivity contribution in [2.24, 2.45) is 0 Å². The number of nitrogens with one attached hydrogen (secondary N) is 2. The SMILES string of the molecule is COC(=O)CCCCCNC(=O)c1ccc(CSc2nc3ccccc3[nH]2)cc1. The highest BCUT2D eigenvalue weighted by molar-refractivity contribution is 7.98. The van der Waals surface area contributed by atoms with Crippen LogP contribution in [0.25, 0.3) is 11.0 Å². The van der Waals surface area contributed by atoms with Crippen molar-refractivity contribution in [1.82, 2.24) is 15.3 Å². The van der Waals surface area contributed by atoms with Crippen LogP contribution in [0.5, 0.6) is 0 Å². The largest absolute Gasteiger partial charge is 0.469 e. The van der Waals surface area contributed by atoms with Gasteiger partial charge in [-0.15, -0.1) is 0 Å². The molecule has 1 aromatic heterocycles. The number of unbranched alkanes of at least 4 members (excludes halogenated alkanes) is 2. The van der Waals surface area contributed by atoms with Crippen molar-refractivity contribution in [3.05, 3.63) is 59.7 Å². The first-order valence-electron chi connectivity index (χ1n) is 9.67. The average molecular weight is 412 g/mol. The van der Waals surface area contributed by atoms with Crippen LogP contribution in [0.4, 0.5) is 0 Å². The molecule has 0 radical (unpaired) electrons. The van der Waals surface area contributed by atoms with Gasteiger partial charge in [0.05, 0.1) is 18.1 Å². The lowest BCUT2D eigenvalue weighted by molar-refractivity contribution is -0.140. The average Bonchev–Trinajstić information content (AvgIpc) is 3.17. The monoisotopic (exact) mass is 411 g/mol. The molecular formula is C22H25N3O3S. The zero-order valence-electron chi connectivity index (χ0n) is 16.4. The first kappa shape index (κ1) is 20.9. The smallest absolute Gasteiger partial charge is 0.305 e. The summed E-state index contributed by atoms with van der Waals surface area (Å²) in [7, 11) is 1.39. The minimum atomic E-state index is -0.187. The highest BCUT2D eigenvalue weighted by Gasteiger charge is 2.07. The van der Waals surface area contributed by atoms with Crippen LogP contribution < -0.4 is 5.32 Å². The molecular weight excluding hydrogens is 386 g/mol. The standard InChI is InChI=1S/C22H25N3O3S/c1-28-20(26)9-3-2-6-14-23-21(27)17-12-10-16(11-13-17)15-29-22-24-18-7-4-5-8-19(18)25-22/h4-5,7-8,10-13H,2-3,6,9,14-15H2,1H3,(H,23,27)(H,24,25). The van der Waals surface area contributed by atoms with Gasteiger partial charge in [-0.1, -0.05) is 42.4 Å². The fourth-order valence-electron chi connectivity index (χ4n) is 2.88. The Kier molecular flexibility index (Phi) is 7.69. The van der Waals surface area contributed by atoms with Crippen LogP contribution in [0.2, 0.25) is 0 Å². The number of carbonyl (C=O) groups excluding carboxylic acids is 2. The number of rotatable bonds is 10. The molecule has 2 N–H and O–H groups in total. The van der Waals surface area contributed by atoms with Crippen LogP contribution in [0.1, 0.15) is 41.6 Å². The van der Waals surface area contributed by atoms with Crippen molar-refractivity contribution in [3.8, 4) is 0 Å². The van der Waals surface area contributed by atoms with Gasteiger partial charge in [-0.3, -0.25) is 9.59 Å². The van der Waals surface area contributed by atoms with Crippen LogP contribution in [0.3, 0.4) is 0 Å². The fourth-order valence-corrected chi connectivity index (χ4v) is 3.72. The second-order valence-corrected chi connectivity index (χ2v) is 7.65. The molecule has 2 aromatic carbocycles. The third-order valence-corrected chi connectivity index (χ3v) is 5.47. The molecule has 29 heavy (non-hydrogen) atoms. The molecule has 1 heterocycles. The summed E-state index contributed by atoms with van der Waals surface area (Å²) in [6.07, 6.45) is 2.93. The number of esters is 1. The van der Waals surface area contributed by atoms with Crippen LogP contribution in [0, 0.1) is 0 Å². The van der Waals surface area contributed by atoms with Crippen LogP contribution >= 0.6 is 11.8 Å². The number of carbonyl (C=O) groups is 2. The number of thioether (sulfide) groups is 1. The molecule has 0 atom stereocenters. The van der Waals surface area contributed by atoms with E-state index in [9.17, 15) is 9.59 Å². The molecule has 0 spiro atoms. The van der Waals surface area contributed by atoms with E-state index in [1.54, 1.807) is 11.8 Å². The van der Waals surface area contributed by atoms with Gasteiger partial charge in [-0.2, -0.15) is 0 Å².